The second-order valence-corrected chi connectivity index (χ2v) is 5.02. The second-order valence-electron chi connectivity index (χ2n) is 4.62. The van der Waals surface area contributed by atoms with Gasteiger partial charge < -0.3 is 15.7 Å². The molecule has 1 unspecified atom stereocenters. The van der Waals surface area contributed by atoms with E-state index in [0.29, 0.717) is 0 Å². The Morgan fingerprint density at radius 1 is 1.35 bits per heavy atom. The Kier molecular flexibility index (Phi) is 6.46. The fraction of sp³-hybridized carbons (Fsp3) is 0.308. The third-order valence-electron chi connectivity index (χ3n) is 2.85. The number of carbonyl (C=O) groups excluding carboxylic acids is 2. The van der Waals surface area contributed by atoms with Gasteiger partial charge in [-0.25, -0.2) is 0 Å². The lowest BCUT2D eigenvalue weighted by Crippen LogP contribution is -2.39. The number of nitrogens with zero attached hydrogens (tertiary/aromatic N) is 1. The number of benzene rings is 1. The first-order chi connectivity index (χ1) is 10.7. The number of carboxylic acids is 1. The molecule has 0 bridgehead atoms. The van der Waals surface area contributed by atoms with Crippen molar-refractivity contribution in [1.29, 1.82) is 0 Å². The number of hydrogen-bond donors (Lipinski definition) is 3. The number of hydrogen-bond acceptors (Lipinski definition) is 5. The van der Waals surface area contributed by atoms with Crippen LogP contribution in [-0.2, 0) is 9.59 Å². The maximum absolute atomic E-state index is 12.0. The van der Waals surface area contributed by atoms with Crippen molar-refractivity contribution in [3.63, 3.8) is 0 Å². The summed E-state index contributed by atoms with van der Waals surface area (Å²) >= 11 is 5.79. The molecule has 124 valence electrons. The summed E-state index contributed by atoms with van der Waals surface area (Å²) in [6.07, 6.45) is 0. The highest BCUT2D eigenvalue weighted by molar-refractivity contribution is 6.34. The van der Waals surface area contributed by atoms with Crippen LogP contribution in [0.4, 0.5) is 5.69 Å². The molecule has 1 rings (SSSR count). The van der Waals surface area contributed by atoms with Crippen LogP contribution >= 0.6 is 11.6 Å². The van der Waals surface area contributed by atoms with Gasteiger partial charge in [0.2, 0.25) is 5.91 Å². The van der Waals surface area contributed by atoms with Crippen LogP contribution in [0.25, 0.3) is 0 Å². The Bertz CT molecular complexity index is 649. The molecule has 0 saturated carbocycles. The monoisotopic (exact) mass is 343 g/mol. The minimum absolute atomic E-state index is 0.101. The van der Waals surface area contributed by atoms with E-state index in [0.717, 1.165) is 6.07 Å². The van der Waals surface area contributed by atoms with Gasteiger partial charge >= 0.3 is 5.97 Å². The Hall–Kier alpha value is -2.68. The predicted octanol–water partition coefficient (Wildman–Crippen LogP) is 0.815. The molecule has 0 heterocycles. The molecule has 0 saturated heterocycles. The van der Waals surface area contributed by atoms with E-state index in [-0.39, 0.29) is 17.1 Å². The molecule has 9 nitrogen and oxygen atoms in total. The number of halogens is 1. The highest BCUT2D eigenvalue weighted by Crippen LogP contribution is 2.25. The lowest BCUT2D eigenvalue weighted by molar-refractivity contribution is -0.385. The van der Waals surface area contributed by atoms with Crippen molar-refractivity contribution in [3.05, 3.63) is 38.9 Å². The first-order valence-electron chi connectivity index (χ1n) is 6.44. The summed E-state index contributed by atoms with van der Waals surface area (Å²) in [6, 6.07) is 3.77. The summed E-state index contributed by atoms with van der Waals surface area (Å²) in [5, 5.41) is 24.0. The van der Waals surface area contributed by atoms with Gasteiger partial charge in [-0.1, -0.05) is 24.6 Å². The van der Waals surface area contributed by atoms with Crippen LogP contribution in [-0.4, -0.2) is 40.9 Å². The standard InChI is InChI=1S/C13H14ClN3O6/c1-7(13(20)21)5-15-10(18)6-16-12(19)11-8(14)3-2-4-9(11)17(22)23/h2-4,7H,5-6H2,1H3,(H,15,18)(H,16,19)(H,20,21). The van der Waals surface area contributed by atoms with Gasteiger partial charge in [0.05, 0.1) is 22.4 Å². The summed E-state index contributed by atoms with van der Waals surface area (Å²) in [5.74, 6) is -3.34. The van der Waals surface area contributed by atoms with E-state index in [1.165, 1.54) is 19.1 Å². The minimum atomic E-state index is -1.07. The summed E-state index contributed by atoms with van der Waals surface area (Å²) < 4.78 is 0. The van der Waals surface area contributed by atoms with Gasteiger partial charge in [-0.05, 0) is 6.07 Å². The average molecular weight is 344 g/mol. The zero-order valence-electron chi connectivity index (χ0n) is 12.0. The van der Waals surface area contributed by atoms with Crippen molar-refractivity contribution in [3.8, 4) is 0 Å². The number of rotatable bonds is 7. The summed E-state index contributed by atoms with van der Waals surface area (Å²) in [5.41, 5.74) is -0.819. The molecule has 1 atom stereocenters. The second kappa shape index (κ2) is 8.08. The quantitative estimate of drug-likeness (QED) is 0.494. The number of carboxylic acid groups (broad SMARTS) is 1. The van der Waals surface area contributed by atoms with Crippen molar-refractivity contribution in [2.24, 2.45) is 5.92 Å². The summed E-state index contributed by atoms with van der Waals surface area (Å²) in [7, 11) is 0. The first kappa shape index (κ1) is 18.4. The van der Waals surface area contributed by atoms with Crippen LogP contribution < -0.4 is 10.6 Å². The largest absolute Gasteiger partial charge is 0.481 e. The van der Waals surface area contributed by atoms with Gasteiger partial charge in [0.15, 0.2) is 0 Å². The maximum Gasteiger partial charge on any atom is 0.308 e. The molecular weight excluding hydrogens is 330 g/mol. The Balaban J connectivity index is 2.66. The maximum atomic E-state index is 12.0. The van der Waals surface area contributed by atoms with Gasteiger partial charge in [-0.15, -0.1) is 0 Å². The number of nitrogens with one attached hydrogen (secondary N) is 2. The van der Waals surface area contributed by atoms with E-state index < -0.39 is 40.9 Å². The third-order valence-corrected chi connectivity index (χ3v) is 3.17. The van der Waals surface area contributed by atoms with Gasteiger partial charge in [0, 0.05) is 12.6 Å². The molecule has 1 aromatic rings. The van der Waals surface area contributed by atoms with Crippen LogP contribution in [0.15, 0.2) is 18.2 Å². The summed E-state index contributed by atoms with van der Waals surface area (Å²) in [4.78, 5) is 44.2. The SMILES string of the molecule is CC(CNC(=O)CNC(=O)c1c(Cl)cccc1[N+](=O)[O-])C(=O)O. The van der Waals surface area contributed by atoms with Crippen molar-refractivity contribution in [2.45, 2.75) is 6.92 Å². The van der Waals surface area contributed by atoms with Gasteiger partial charge in [-0.3, -0.25) is 24.5 Å². The third kappa shape index (κ3) is 5.22. The fourth-order valence-corrected chi connectivity index (χ4v) is 1.81. The van der Waals surface area contributed by atoms with E-state index in [1.807, 2.05) is 0 Å². The molecule has 0 aliphatic heterocycles. The van der Waals surface area contributed by atoms with Crippen molar-refractivity contribution in [1.82, 2.24) is 10.6 Å². The Morgan fingerprint density at radius 3 is 2.57 bits per heavy atom. The molecule has 3 N–H and O–H groups in total. The van der Waals surface area contributed by atoms with Gasteiger partial charge in [0.1, 0.15) is 5.56 Å². The first-order valence-corrected chi connectivity index (χ1v) is 6.82. The van der Waals surface area contributed by atoms with Crippen LogP contribution in [0.1, 0.15) is 17.3 Å². The van der Waals surface area contributed by atoms with E-state index in [9.17, 15) is 24.5 Å². The van der Waals surface area contributed by atoms with E-state index in [1.54, 1.807) is 0 Å². The molecule has 0 spiro atoms. The van der Waals surface area contributed by atoms with Crippen molar-refractivity contribution < 1.29 is 24.4 Å². The van der Waals surface area contributed by atoms with Gasteiger partial charge in [-0.2, -0.15) is 0 Å². The van der Waals surface area contributed by atoms with E-state index in [2.05, 4.69) is 10.6 Å². The lowest BCUT2D eigenvalue weighted by atomic mass is 10.1. The molecular formula is C13H14ClN3O6. The highest BCUT2D eigenvalue weighted by Gasteiger charge is 2.23. The molecule has 2 amide bonds. The zero-order chi connectivity index (χ0) is 17.6. The molecule has 0 radical (unpaired) electrons. The van der Waals surface area contributed by atoms with Crippen LogP contribution in [0.5, 0.6) is 0 Å². The lowest BCUT2D eigenvalue weighted by Gasteiger charge is -2.10. The molecule has 23 heavy (non-hydrogen) atoms. The van der Waals surface area contributed by atoms with Crippen LogP contribution in [0, 0.1) is 16.0 Å². The smallest absolute Gasteiger partial charge is 0.308 e. The normalized spacial score (nSPS) is 11.4. The number of carbonyl (C=O) groups is 3. The molecule has 0 aliphatic carbocycles. The van der Waals surface area contributed by atoms with Crippen molar-refractivity contribution in [2.75, 3.05) is 13.1 Å². The molecule has 0 fully saturated rings. The zero-order valence-corrected chi connectivity index (χ0v) is 12.8. The molecule has 0 aromatic heterocycles. The Morgan fingerprint density at radius 2 is 2.00 bits per heavy atom. The molecule has 0 aliphatic rings. The van der Waals surface area contributed by atoms with Gasteiger partial charge in [0.25, 0.3) is 11.6 Å². The molecule has 1 aromatic carbocycles. The van der Waals surface area contributed by atoms with E-state index in [4.69, 9.17) is 16.7 Å². The van der Waals surface area contributed by atoms with Crippen molar-refractivity contribution >= 4 is 35.1 Å². The predicted molar refractivity (Wildman–Crippen MR) is 80.2 cm³/mol. The highest BCUT2D eigenvalue weighted by atomic mass is 35.5. The topological polar surface area (TPSA) is 139 Å². The number of nitro groups is 1. The number of nitro benzene ring substituents is 1. The summed E-state index contributed by atoms with van der Waals surface area (Å²) in [6.45, 7) is 0.845. The Labute approximate surface area is 135 Å². The number of aliphatic carboxylic acids is 1. The van der Waals surface area contributed by atoms with Crippen LogP contribution in [0.3, 0.4) is 0 Å². The fourth-order valence-electron chi connectivity index (χ4n) is 1.56. The number of amides is 2. The average Bonchev–Trinajstić information content (AvgIpc) is 2.49. The molecule has 10 heteroatoms. The van der Waals surface area contributed by atoms with Crippen LogP contribution in [0.2, 0.25) is 5.02 Å². The van der Waals surface area contributed by atoms with E-state index >= 15 is 0 Å². The minimum Gasteiger partial charge on any atom is -0.481 e.